The number of aromatic nitrogens is 2. The molecule has 2 aromatic rings. The normalized spacial score (nSPS) is 11.8. The van der Waals surface area contributed by atoms with Crippen LogP contribution in [0.4, 0.5) is 13.2 Å². The molecule has 22 heavy (non-hydrogen) atoms. The predicted octanol–water partition coefficient (Wildman–Crippen LogP) is 2.81. The lowest BCUT2D eigenvalue weighted by molar-refractivity contribution is -0.141. The second kappa shape index (κ2) is 6.73. The van der Waals surface area contributed by atoms with Gasteiger partial charge in [-0.1, -0.05) is 28.1 Å². The molecule has 0 aliphatic carbocycles. The molecule has 2 rings (SSSR count). The van der Waals surface area contributed by atoms with Crippen LogP contribution in [0.2, 0.25) is 0 Å². The summed E-state index contributed by atoms with van der Waals surface area (Å²) in [6, 6.07) is 8.02. The molecule has 0 atom stereocenters. The second-order valence-corrected chi connectivity index (χ2v) is 5.16. The van der Waals surface area contributed by atoms with Crippen molar-refractivity contribution in [2.75, 3.05) is 0 Å². The van der Waals surface area contributed by atoms with Crippen molar-refractivity contribution in [3.05, 3.63) is 52.3 Å². The highest BCUT2D eigenvalue weighted by Crippen LogP contribution is 2.27. The van der Waals surface area contributed by atoms with Gasteiger partial charge in [0.05, 0.1) is 6.21 Å². The summed E-state index contributed by atoms with van der Waals surface area (Å²) in [5.41, 5.74) is 1.93. The van der Waals surface area contributed by atoms with E-state index in [0.29, 0.717) is 0 Å². The first kappa shape index (κ1) is 16.2. The Balaban J connectivity index is 1.89. The van der Waals surface area contributed by atoms with Crippen molar-refractivity contribution < 1.29 is 18.0 Å². The van der Waals surface area contributed by atoms with E-state index in [-0.39, 0.29) is 6.54 Å². The van der Waals surface area contributed by atoms with E-state index in [4.69, 9.17) is 0 Å². The fourth-order valence-corrected chi connectivity index (χ4v) is 1.97. The van der Waals surface area contributed by atoms with Gasteiger partial charge in [-0.05, 0) is 23.8 Å². The average molecular weight is 375 g/mol. The Kier molecular flexibility index (Phi) is 4.96. The summed E-state index contributed by atoms with van der Waals surface area (Å²) in [5, 5.41) is 7.00. The first-order chi connectivity index (χ1) is 10.3. The van der Waals surface area contributed by atoms with E-state index in [0.717, 1.165) is 27.0 Å². The van der Waals surface area contributed by atoms with Gasteiger partial charge in [-0.25, -0.2) is 5.43 Å². The molecule has 0 aliphatic heterocycles. The summed E-state index contributed by atoms with van der Waals surface area (Å²) in [7, 11) is 0. The summed E-state index contributed by atoms with van der Waals surface area (Å²) in [5.74, 6) is -0.580. The number of carbonyl (C=O) groups excluding carboxylic acids is 1. The van der Waals surface area contributed by atoms with E-state index < -0.39 is 17.8 Å². The van der Waals surface area contributed by atoms with Gasteiger partial charge in [-0.3, -0.25) is 9.48 Å². The molecule has 1 heterocycles. The molecule has 0 aliphatic rings. The standard InChI is InChI=1S/C13H10BrF3N4O/c14-10-3-1-2-9(6-10)7-18-19-12(22)8-21-5-4-11(20-21)13(15,16)17/h1-7H,8H2,(H,19,22)/b18-7-. The van der Waals surface area contributed by atoms with Crippen LogP contribution in [0.1, 0.15) is 11.3 Å². The van der Waals surface area contributed by atoms with Crippen LogP contribution in [0.3, 0.4) is 0 Å². The lowest BCUT2D eigenvalue weighted by Crippen LogP contribution is -2.23. The fraction of sp³-hybridized carbons (Fsp3) is 0.154. The minimum absolute atomic E-state index is 0.355. The second-order valence-electron chi connectivity index (χ2n) is 4.24. The first-order valence-electron chi connectivity index (χ1n) is 6.03. The van der Waals surface area contributed by atoms with E-state index in [2.05, 4.69) is 31.6 Å². The molecule has 0 saturated carbocycles. The van der Waals surface area contributed by atoms with Gasteiger partial charge in [-0.2, -0.15) is 23.4 Å². The highest BCUT2D eigenvalue weighted by Gasteiger charge is 2.33. The zero-order valence-electron chi connectivity index (χ0n) is 11.0. The minimum Gasteiger partial charge on any atom is -0.271 e. The fourth-order valence-electron chi connectivity index (χ4n) is 1.55. The molecular weight excluding hydrogens is 365 g/mol. The van der Waals surface area contributed by atoms with Gasteiger partial charge in [0.1, 0.15) is 6.54 Å². The Hall–Kier alpha value is -2.16. The Bertz CT molecular complexity index is 697. The number of hydrazone groups is 1. The average Bonchev–Trinajstić information content (AvgIpc) is 2.87. The number of halogens is 4. The third-order valence-electron chi connectivity index (χ3n) is 2.49. The molecule has 0 bridgehead atoms. The summed E-state index contributed by atoms with van der Waals surface area (Å²) in [4.78, 5) is 11.6. The highest BCUT2D eigenvalue weighted by atomic mass is 79.9. The van der Waals surface area contributed by atoms with E-state index in [1.54, 1.807) is 18.2 Å². The molecular formula is C13H10BrF3N4O. The smallest absolute Gasteiger partial charge is 0.271 e. The molecule has 116 valence electrons. The molecule has 0 unspecified atom stereocenters. The molecule has 0 radical (unpaired) electrons. The molecule has 5 nitrogen and oxygen atoms in total. The minimum atomic E-state index is -4.53. The molecule has 0 fully saturated rings. The number of rotatable bonds is 4. The monoisotopic (exact) mass is 374 g/mol. The van der Waals surface area contributed by atoms with Crippen LogP contribution in [0, 0.1) is 0 Å². The number of carbonyl (C=O) groups is 1. The maximum Gasteiger partial charge on any atom is 0.435 e. The summed E-state index contributed by atoms with van der Waals surface area (Å²) < 4.78 is 38.8. The van der Waals surface area contributed by atoms with Crippen LogP contribution in [-0.2, 0) is 17.5 Å². The quantitative estimate of drug-likeness (QED) is 0.660. The first-order valence-corrected chi connectivity index (χ1v) is 6.82. The van der Waals surface area contributed by atoms with Crippen LogP contribution in [0.25, 0.3) is 0 Å². The molecule has 0 spiro atoms. The molecule has 9 heteroatoms. The zero-order chi connectivity index (χ0) is 16.2. The van der Waals surface area contributed by atoms with Gasteiger partial charge >= 0.3 is 6.18 Å². The van der Waals surface area contributed by atoms with Crippen molar-refractivity contribution in [1.82, 2.24) is 15.2 Å². The SMILES string of the molecule is O=C(Cn1ccc(C(F)(F)F)n1)N/N=C\c1cccc(Br)c1. The molecule has 1 aromatic heterocycles. The number of nitrogens with one attached hydrogen (secondary N) is 1. The maximum absolute atomic E-state index is 12.4. The van der Waals surface area contributed by atoms with Gasteiger partial charge in [-0.15, -0.1) is 0 Å². The van der Waals surface area contributed by atoms with Crippen molar-refractivity contribution >= 4 is 28.1 Å². The Morgan fingerprint density at radius 3 is 2.82 bits per heavy atom. The molecule has 1 aromatic carbocycles. The van der Waals surface area contributed by atoms with E-state index in [1.807, 2.05) is 6.07 Å². The number of amides is 1. The lowest BCUT2D eigenvalue weighted by atomic mass is 10.2. The van der Waals surface area contributed by atoms with Crippen molar-refractivity contribution in [3.8, 4) is 0 Å². The van der Waals surface area contributed by atoms with Gasteiger partial charge in [0, 0.05) is 10.7 Å². The predicted molar refractivity (Wildman–Crippen MR) is 77.1 cm³/mol. The van der Waals surface area contributed by atoms with Crippen molar-refractivity contribution in [2.45, 2.75) is 12.7 Å². The third kappa shape index (κ3) is 4.69. The Morgan fingerprint density at radius 1 is 1.41 bits per heavy atom. The van der Waals surface area contributed by atoms with E-state index in [9.17, 15) is 18.0 Å². The van der Waals surface area contributed by atoms with Crippen molar-refractivity contribution in [1.29, 1.82) is 0 Å². The van der Waals surface area contributed by atoms with Crippen LogP contribution >= 0.6 is 15.9 Å². The van der Waals surface area contributed by atoms with Gasteiger partial charge in [0.2, 0.25) is 0 Å². The lowest BCUT2D eigenvalue weighted by Gasteiger charge is -2.02. The topological polar surface area (TPSA) is 59.3 Å². The van der Waals surface area contributed by atoms with Gasteiger partial charge in [0.25, 0.3) is 5.91 Å². The van der Waals surface area contributed by atoms with E-state index >= 15 is 0 Å². The van der Waals surface area contributed by atoms with Gasteiger partial charge in [0.15, 0.2) is 5.69 Å². The highest BCUT2D eigenvalue weighted by molar-refractivity contribution is 9.10. The van der Waals surface area contributed by atoms with Crippen LogP contribution in [0.15, 0.2) is 46.1 Å². The van der Waals surface area contributed by atoms with Crippen molar-refractivity contribution in [2.24, 2.45) is 5.10 Å². The summed E-state index contributed by atoms with van der Waals surface area (Å²) in [6.07, 6.45) is -2.02. The van der Waals surface area contributed by atoms with Crippen molar-refractivity contribution in [3.63, 3.8) is 0 Å². The Morgan fingerprint density at radius 2 is 2.18 bits per heavy atom. The zero-order valence-corrected chi connectivity index (χ0v) is 12.6. The maximum atomic E-state index is 12.4. The van der Waals surface area contributed by atoms with Crippen LogP contribution < -0.4 is 5.43 Å². The van der Waals surface area contributed by atoms with E-state index in [1.165, 1.54) is 6.21 Å². The largest absolute Gasteiger partial charge is 0.435 e. The summed E-state index contributed by atoms with van der Waals surface area (Å²) in [6.45, 7) is -0.355. The van der Waals surface area contributed by atoms with Gasteiger partial charge < -0.3 is 0 Å². The number of hydrogen-bond donors (Lipinski definition) is 1. The summed E-state index contributed by atoms with van der Waals surface area (Å²) >= 11 is 3.29. The van der Waals surface area contributed by atoms with Crippen LogP contribution in [0.5, 0.6) is 0 Å². The molecule has 1 amide bonds. The third-order valence-corrected chi connectivity index (χ3v) is 2.98. The molecule has 1 N–H and O–H groups in total. The number of benzene rings is 1. The Labute approximate surface area is 131 Å². The number of nitrogens with zero attached hydrogens (tertiary/aromatic N) is 3. The number of hydrogen-bond acceptors (Lipinski definition) is 3. The molecule has 0 saturated heterocycles. The van der Waals surface area contributed by atoms with Crippen LogP contribution in [-0.4, -0.2) is 21.9 Å². The number of alkyl halides is 3.